The van der Waals surface area contributed by atoms with Gasteiger partial charge in [-0.2, -0.15) is 0 Å². The first-order valence-electron chi connectivity index (χ1n) is 3.19. The van der Waals surface area contributed by atoms with Gasteiger partial charge in [0.15, 0.2) is 0 Å². The molecule has 2 heteroatoms. The molecule has 0 fully saturated rings. The van der Waals surface area contributed by atoms with Gasteiger partial charge in [0.2, 0.25) is 0 Å². The fourth-order valence-electron chi connectivity index (χ4n) is 0.888. The molecule has 0 bridgehead atoms. The van der Waals surface area contributed by atoms with Crippen molar-refractivity contribution in [2.45, 2.75) is 13.5 Å². The summed E-state index contributed by atoms with van der Waals surface area (Å²) >= 11 is 3.38. The standard InChI is InChI=1S/C8H10BrN/c1-6-4-8(9)3-2-7(6)5-10/h2-4H,5,10H2,1H3. The minimum absolute atomic E-state index is 0.624. The van der Waals surface area contributed by atoms with E-state index in [0.717, 1.165) is 4.47 Å². The van der Waals surface area contributed by atoms with Gasteiger partial charge in [-0.15, -0.1) is 0 Å². The zero-order valence-corrected chi connectivity index (χ0v) is 7.48. The first kappa shape index (κ1) is 7.76. The molecular formula is C8H10BrN. The second-order valence-corrected chi connectivity index (χ2v) is 3.19. The highest BCUT2D eigenvalue weighted by Crippen LogP contribution is 2.14. The highest BCUT2D eigenvalue weighted by molar-refractivity contribution is 9.10. The van der Waals surface area contributed by atoms with Crippen LogP contribution in [0.2, 0.25) is 0 Å². The fourth-order valence-corrected chi connectivity index (χ4v) is 1.36. The van der Waals surface area contributed by atoms with Crippen LogP contribution in [0.15, 0.2) is 22.7 Å². The van der Waals surface area contributed by atoms with Gasteiger partial charge in [-0.3, -0.25) is 0 Å². The van der Waals surface area contributed by atoms with Gasteiger partial charge in [0.05, 0.1) is 0 Å². The molecule has 1 nitrogen and oxygen atoms in total. The molecule has 0 amide bonds. The zero-order valence-electron chi connectivity index (χ0n) is 5.89. The second-order valence-electron chi connectivity index (χ2n) is 2.27. The van der Waals surface area contributed by atoms with Crippen LogP contribution in [0.3, 0.4) is 0 Å². The summed E-state index contributed by atoms with van der Waals surface area (Å²) in [7, 11) is 0. The Morgan fingerprint density at radius 2 is 2.20 bits per heavy atom. The van der Waals surface area contributed by atoms with Crippen molar-refractivity contribution >= 4 is 15.9 Å². The molecule has 2 N–H and O–H groups in total. The topological polar surface area (TPSA) is 26.0 Å². The Hall–Kier alpha value is -0.340. The monoisotopic (exact) mass is 199 g/mol. The van der Waals surface area contributed by atoms with Gasteiger partial charge in [0, 0.05) is 11.0 Å². The fraction of sp³-hybridized carbons (Fsp3) is 0.250. The lowest BCUT2D eigenvalue weighted by Crippen LogP contribution is -1.98. The SMILES string of the molecule is Cc1cc(Br)ccc1CN. The average Bonchev–Trinajstić information content (AvgIpc) is 1.88. The van der Waals surface area contributed by atoms with Crippen molar-refractivity contribution in [2.24, 2.45) is 5.73 Å². The van der Waals surface area contributed by atoms with Crippen LogP contribution in [0.1, 0.15) is 11.1 Å². The Labute approximate surface area is 69.4 Å². The molecule has 0 heterocycles. The maximum atomic E-state index is 5.49. The highest BCUT2D eigenvalue weighted by Gasteiger charge is 1.94. The number of rotatable bonds is 1. The van der Waals surface area contributed by atoms with E-state index in [2.05, 4.69) is 28.9 Å². The molecule has 0 aliphatic rings. The van der Waals surface area contributed by atoms with E-state index in [-0.39, 0.29) is 0 Å². The Morgan fingerprint density at radius 1 is 1.50 bits per heavy atom. The van der Waals surface area contributed by atoms with Gasteiger partial charge in [0.1, 0.15) is 0 Å². The lowest BCUT2D eigenvalue weighted by atomic mass is 10.1. The Kier molecular flexibility index (Phi) is 2.46. The van der Waals surface area contributed by atoms with E-state index in [0.29, 0.717) is 6.54 Å². The molecule has 0 saturated carbocycles. The van der Waals surface area contributed by atoms with Crippen molar-refractivity contribution in [3.8, 4) is 0 Å². The summed E-state index contributed by atoms with van der Waals surface area (Å²) in [5.74, 6) is 0. The number of hydrogen-bond donors (Lipinski definition) is 1. The molecule has 0 atom stereocenters. The van der Waals surface area contributed by atoms with E-state index in [1.54, 1.807) is 0 Å². The van der Waals surface area contributed by atoms with Crippen LogP contribution in [0.4, 0.5) is 0 Å². The first-order valence-corrected chi connectivity index (χ1v) is 3.98. The van der Waals surface area contributed by atoms with Gasteiger partial charge < -0.3 is 5.73 Å². The van der Waals surface area contributed by atoms with E-state index < -0.39 is 0 Å². The molecular weight excluding hydrogens is 190 g/mol. The minimum Gasteiger partial charge on any atom is -0.326 e. The van der Waals surface area contributed by atoms with Crippen LogP contribution in [-0.2, 0) is 6.54 Å². The van der Waals surface area contributed by atoms with Crippen LogP contribution in [0.25, 0.3) is 0 Å². The quantitative estimate of drug-likeness (QED) is 0.738. The number of benzene rings is 1. The largest absolute Gasteiger partial charge is 0.326 e. The number of nitrogens with two attached hydrogens (primary N) is 1. The van der Waals surface area contributed by atoms with Gasteiger partial charge >= 0.3 is 0 Å². The Balaban J connectivity index is 3.07. The lowest BCUT2D eigenvalue weighted by molar-refractivity contribution is 1.05. The molecule has 1 aromatic carbocycles. The molecule has 0 aromatic heterocycles. The third-order valence-electron chi connectivity index (χ3n) is 1.52. The van der Waals surface area contributed by atoms with Crippen LogP contribution >= 0.6 is 15.9 Å². The number of hydrogen-bond acceptors (Lipinski definition) is 1. The lowest BCUT2D eigenvalue weighted by Gasteiger charge is -2.01. The Bertz CT molecular complexity index is 233. The maximum absolute atomic E-state index is 5.49. The summed E-state index contributed by atoms with van der Waals surface area (Å²) in [6.45, 7) is 2.69. The van der Waals surface area contributed by atoms with E-state index in [4.69, 9.17) is 5.73 Å². The predicted octanol–water partition coefficient (Wildman–Crippen LogP) is 2.22. The molecule has 0 spiro atoms. The predicted molar refractivity (Wildman–Crippen MR) is 46.8 cm³/mol. The molecule has 54 valence electrons. The van der Waals surface area contributed by atoms with E-state index >= 15 is 0 Å². The van der Waals surface area contributed by atoms with Crippen LogP contribution in [0, 0.1) is 6.92 Å². The smallest absolute Gasteiger partial charge is 0.0180 e. The third-order valence-corrected chi connectivity index (χ3v) is 2.02. The van der Waals surface area contributed by atoms with Crippen molar-refractivity contribution in [3.63, 3.8) is 0 Å². The van der Waals surface area contributed by atoms with Crippen molar-refractivity contribution < 1.29 is 0 Å². The highest BCUT2D eigenvalue weighted by atomic mass is 79.9. The average molecular weight is 200 g/mol. The molecule has 0 aliphatic carbocycles. The van der Waals surface area contributed by atoms with E-state index in [9.17, 15) is 0 Å². The summed E-state index contributed by atoms with van der Waals surface area (Å²) in [6, 6.07) is 6.12. The van der Waals surface area contributed by atoms with Gasteiger partial charge in [-0.1, -0.05) is 22.0 Å². The molecule has 0 radical (unpaired) electrons. The van der Waals surface area contributed by atoms with E-state index in [1.165, 1.54) is 11.1 Å². The zero-order chi connectivity index (χ0) is 7.56. The molecule has 0 saturated heterocycles. The molecule has 10 heavy (non-hydrogen) atoms. The number of aryl methyl sites for hydroxylation is 1. The first-order chi connectivity index (χ1) is 4.74. The van der Waals surface area contributed by atoms with Crippen LogP contribution < -0.4 is 5.73 Å². The maximum Gasteiger partial charge on any atom is 0.0180 e. The van der Waals surface area contributed by atoms with Crippen molar-refractivity contribution in [3.05, 3.63) is 33.8 Å². The Morgan fingerprint density at radius 3 is 2.70 bits per heavy atom. The summed E-state index contributed by atoms with van der Waals surface area (Å²) in [4.78, 5) is 0. The minimum atomic E-state index is 0.624. The summed E-state index contributed by atoms with van der Waals surface area (Å²) in [5.41, 5.74) is 7.94. The molecule has 0 aliphatic heterocycles. The third kappa shape index (κ3) is 1.58. The van der Waals surface area contributed by atoms with Gasteiger partial charge in [-0.25, -0.2) is 0 Å². The number of halogens is 1. The summed E-state index contributed by atoms with van der Waals surface area (Å²) < 4.78 is 1.11. The molecule has 1 rings (SSSR count). The normalized spacial score (nSPS) is 9.90. The van der Waals surface area contributed by atoms with Crippen LogP contribution in [-0.4, -0.2) is 0 Å². The molecule has 1 aromatic rings. The van der Waals surface area contributed by atoms with E-state index in [1.807, 2.05) is 12.1 Å². The second kappa shape index (κ2) is 3.17. The van der Waals surface area contributed by atoms with Crippen LogP contribution in [0.5, 0.6) is 0 Å². The van der Waals surface area contributed by atoms with Gasteiger partial charge in [0.25, 0.3) is 0 Å². The molecule has 0 unspecified atom stereocenters. The summed E-state index contributed by atoms with van der Waals surface area (Å²) in [6.07, 6.45) is 0. The van der Waals surface area contributed by atoms with Crippen molar-refractivity contribution in [1.29, 1.82) is 0 Å². The summed E-state index contributed by atoms with van der Waals surface area (Å²) in [5, 5.41) is 0. The van der Waals surface area contributed by atoms with Gasteiger partial charge in [-0.05, 0) is 30.2 Å². The van der Waals surface area contributed by atoms with Crippen molar-refractivity contribution in [2.75, 3.05) is 0 Å². The van der Waals surface area contributed by atoms with Crippen molar-refractivity contribution in [1.82, 2.24) is 0 Å².